The number of benzene rings is 1. The molecule has 7 heteroatoms. The molecule has 2 heterocycles. The highest BCUT2D eigenvalue weighted by Crippen LogP contribution is 2.34. The zero-order valence-electron chi connectivity index (χ0n) is 11.4. The van der Waals surface area contributed by atoms with E-state index >= 15 is 0 Å². The molecule has 2 amide bonds. The van der Waals surface area contributed by atoms with E-state index in [2.05, 4.69) is 37.2 Å². The summed E-state index contributed by atoms with van der Waals surface area (Å²) in [7, 11) is 0. The number of amides is 2. The first-order valence-electron chi connectivity index (χ1n) is 6.72. The van der Waals surface area contributed by atoms with Crippen molar-refractivity contribution in [1.29, 1.82) is 0 Å². The van der Waals surface area contributed by atoms with Gasteiger partial charge in [0.25, 0.3) is 5.91 Å². The first-order valence-corrected chi connectivity index (χ1v) is 9.12. The quantitative estimate of drug-likeness (QED) is 0.750. The molecule has 22 heavy (non-hydrogen) atoms. The van der Waals surface area contributed by atoms with Gasteiger partial charge in [-0.25, -0.2) is 0 Å². The Morgan fingerprint density at radius 1 is 1.27 bits per heavy atom. The van der Waals surface area contributed by atoms with Gasteiger partial charge in [-0.15, -0.1) is 11.3 Å². The van der Waals surface area contributed by atoms with E-state index in [4.69, 9.17) is 0 Å². The standard InChI is InChI=1S/C15H12Br2N2O2S/c16-9-8-12(22-14(9)17)15(21)18-10-4-1-2-5-11(10)19-7-3-6-13(19)20/h1-2,4-5,8H,3,6-7H2,(H,18,21). The Labute approximate surface area is 148 Å². The second-order valence-corrected chi connectivity index (χ2v) is 8.08. The van der Waals surface area contributed by atoms with Gasteiger partial charge in [0.1, 0.15) is 0 Å². The highest BCUT2D eigenvalue weighted by Gasteiger charge is 2.24. The molecule has 0 atom stereocenters. The summed E-state index contributed by atoms with van der Waals surface area (Å²) >= 11 is 8.12. The SMILES string of the molecule is O=C(Nc1ccccc1N1CCCC1=O)c1cc(Br)c(Br)s1. The van der Waals surface area contributed by atoms with Gasteiger partial charge in [-0.2, -0.15) is 0 Å². The van der Waals surface area contributed by atoms with Crippen molar-refractivity contribution in [3.05, 3.63) is 43.5 Å². The lowest BCUT2D eigenvalue weighted by molar-refractivity contribution is -0.117. The van der Waals surface area contributed by atoms with E-state index in [1.807, 2.05) is 24.3 Å². The Kier molecular flexibility index (Phi) is 4.65. The molecule has 0 radical (unpaired) electrons. The van der Waals surface area contributed by atoms with E-state index in [0.29, 0.717) is 23.5 Å². The predicted molar refractivity (Wildman–Crippen MR) is 95.7 cm³/mol. The van der Waals surface area contributed by atoms with Gasteiger partial charge in [0.05, 0.1) is 20.0 Å². The molecule has 1 aliphatic rings. The summed E-state index contributed by atoms with van der Waals surface area (Å²) in [6, 6.07) is 9.16. The Balaban J connectivity index is 1.86. The minimum absolute atomic E-state index is 0.100. The first kappa shape index (κ1) is 15.7. The van der Waals surface area contributed by atoms with Gasteiger partial charge in [0, 0.05) is 17.4 Å². The summed E-state index contributed by atoms with van der Waals surface area (Å²) in [5, 5.41) is 2.90. The molecular formula is C15H12Br2N2O2S. The van der Waals surface area contributed by atoms with Crippen LogP contribution >= 0.6 is 43.2 Å². The van der Waals surface area contributed by atoms with Crippen LogP contribution in [0.25, 0.3) is 0 Å². The lowest BCUT2D eigenvalue weighted by Crippen LogP contribution is -2.25. The maximum atomic E-state index is 12.4. The molecule has 1 N–H and O–H groups in total. The fourth-order valence-corrected chi connectivity index (χ4v) is 4.29. The van der Waals surface area contributed by atoms with Gasteiger partial charge in [0.15, 0.2) is 0 Å². The van der Waals surface area contributed by atoms with Crippen LogP contribution in [0.2, 0.25) is 0 Å². The summed E-state index contributed by atoms with van der Waals surface area (Å²) in [5.41, 5.74) is 1.41. The summed E-state index contributed by atoms with van der Waals surface area (Å²) in [6.45, 7) is 0.696. The van der Waals surface area contributed by atoms with E-state index in [0.717, 1.165) is 20.4 Å². The molecule has 1 saturated heterocycles. The smallest absolute Gasteiger partial charge is 0.265 e. The molecule has 0 spiro atoms. The maximum Gasteiger partial charge on any atom is 0.265 e. The fraction of sp³-hybridized carbons (Fsp3) is 0.200. The van der Waals surface area contributed by atoms with Crippen molar-refractivity contribution in [1.82, 2.24) is 0 Å². The molecular weight excluding hydrogens is 432 g/mol. The minimum atomic E-state index is -0.185. The minimum Gasteiger partial charge on any atom is -0.319 e. The van der Waals surface area contributed by atoms with Gasteiger partial charge >= 0.3 is 0 Å². The third kappa shape index (κ3) is 3.11. The molecule has 0 aliphatic carbocycles. The van der Waals surface area contributed by atoms with E-state index in [9.17, 15) is 9.59 Å². The summed E-state index contributed by atoms with van der Waals surface area (Å²) in [6.07, 6.45) is 1.42. The summed E-state index contributed by atoms with van der Waals surface area (Å²) in [5.74, 6) is -0.0844. The number of halogens is 2. The van der Waals surface area contributed by atoms with Gasteiger partial charge < -0.3 is 10.2 Å². The number of nitrogens with one attached hydrogen (secondary N) is 1. The van der Waals surface area contributed by atoms with Crippen LogP contribution in [-0.2, 0) is 4.79 Å². The van der Waals surface area contributed by atoms with Gasteiger partial charge in [0.2, 0.25) is 5.91 Å². The van der Waals surface area contributed by atoms with E-state index in [-0.39, 0.29) is 11.8 Å². The molecule has 3 rings (SSSR count). The molecule has 1 fully saturated rings. The topological polar surface area (TPSA) is 49.4 Å². The van der Waals surface area contributed by atoms with Gasteiger partial charge in [-0.1, -0.05) is 12.1 Å². The van der Waals surface area contributed by atoms with Gasteiger partial charge in [-0.05, 0) is 56.5 Å². The second-order valence-electron chi connectivity index (χ2n) is 4.85. The second kappa shape index (κ2) is 6.52. The molecule has 1 aromatic heterocycles. The highest BCUT2D eigenvalue weighted by molar-refractivity contribution is 9.13. The largest absolute Gasteiger partial charge is 0.319 e. The average molecular weight is 444 g/mol. The summed E-state index contributed by atoms with van der Waals surface area (Å²) < 4.78 is 1.73. The Bertz CT molecular complexity index is 725. The highest BCUT2D eigenvalue weighted by atomic mass is 79.9. The zero-order chi connectivity index (χ0) is 15.7. The van der Waals surface area contributed by atoms with Crippen molar-refractivity contribution < 1.29 is 9.59 Å². The van der Waals surface area contributed by atoms with Crippen molar-refractivity contribution in [2.75, 3.05) is 16.8 Å². The molecule has 0 unspecified atom stereocenters. The summed E-state index contributed by atoms with van der Waals surface area (Å²) in [4.78, 5) is 26.6. The van der Waals surface area contributed by atoms with Crippen LogP contribution in [0.4, 0.5) is 11.4 Å². The number of thiophene rings is 1. The molecule has 1 aliphatic heterocycles. The van der Waals surface area contributed by atoms with Crippen molar-refractivity contribution in [3.63, 3.8) is 0 Å². The molecule has 2 aromatic rings. The van der Waals surface area contributed by atoms with Gasteiger partial charge in [-0.3, -0.25) is 9.59 Å². The fourth-order valence-electron chi connectivity index (χ4n) is 2.36. The third-order valence-corrected chi connectivity index (χ3v) is 6.64. The predicted octanol–water partition coefficient (Wildman–Crippen LogP) is 4.65. The van der Waals surface area contributed by atoms with Crippen LogP contribution in [-0.4, -0.2) is 18.4 Å². The monoisotopic (exact) mass is 442 g/mol. The Morgan fingerprint density at radius 3 is 2.68 bits per heavy atom. The van der Waals surface area contributed by atoms with Crippen LogP contribution in [0.1, 0.15) is 22.5 Å². The number of carbonyl (C=O) groups is 2. The number of nitrogens with zero attached hydrogens (tertiary/aromatic N) is 1. The number of anilines is 2. The number of hydrogen-bond donors (Lipinski definition) is 1. The number of para-hydroxylation sites is 2. The number of carbonyl (C=O) groups excluding carboxylic acids is 2. The first-order chi connectivity index (χ1) is 10.6. The lowest BCUT2D eigenvalue weighted by atomic mass is 10.2. The van der Waals surface area contributed by atoms with Crippen molar-refractivity contribution >= 4 is 66.4 Å². The third-order valence-electron chi connectivity index (χ3n) is 3.39. The van der Waals surface area contributed by atoms with Crippen LogP contribution < -0.4 is 10.2 Å². The number of rotatable bonds is 3. The average Bonchev–Trinajstić information content (AvgIpc) is 3.06. The molecule has 0 saturated carbocycles. The lowest BCUT2D eigenvalue weighted by Gasteiger charge is -2.19. The molecule has 114 valence electrons. The van der Waals surface area contributed by atoms with Crippen molar-refractivity contribution in [2.24, 2.45) is 0 Å². The van der Waals surface area contributed by atoms with Crippen LogP contribution in [0.3, 0.4) is 0 Å². The Hall–Kier alpha value is -1.18. The van der Waals surface area contributed by atoms with Crippen LogP contribution in [0.5, 0.6) is 0 Å². The Morgan fingerprint density at radius 2 is 2.05 bits per heavy atom. The van der Waals surface area contributed by atoms with E-state index < -0.39 is 0 Å². The molecule has 4 nitrogen and oxygen atoms in total. The van der Waals surface area contributed by atoms with Crippen LogP contribution in [0.15, 0.2) is 38.6 Å². The van der Waals surface area contributed by atoms with E-state index in [1.165, 1.54) is 11.3 Å². The number of hydrogen-bond acceptors (Lipinski definition) is 3. The molecule has 0 bridgehead atoms. The molecule has 1 aromatic carbocycles. The maximum absolute atomic E-state index is 12.4. The zero-order valence-corrected chi connectivity index (χ0v) is 15.4. The normalized spacial score (nSPS) is 14.5. The van der Waals surface area contributed by atoms with E-state index in [1.54, 1.807) is 11.0 Å². The van der Waals surface area contributed by atoms with Crippen molar-refractivity contribution in [3.8, 4) is 0 Å². The van der Waals surface area contributed by atoms with Crippen molar-refractivity contribution in [2.45, 2.75) is 12.8 Å². The van der Waals surface area contributed by atoms with Crippen LogP contribution in [0, 0.1) is 0 Å².